The Morgan fingerprint density at radius 1 is 1.30 bits per heavy atom. The summed E-state index contributed by atoms with van der Waals surface area (Å²) in [4.78, 5) is 4.42. The summed E-state index contributed by atoms with van der Waals surface area (Å²) in [6.07, 6.45) is 4.18. The molecule has 2 aromatic heterocycles. The molecule has 0 unspecified atom stereocenters. The molecule has 3 heterocycles. The monoisotopic (exact) mass is 489 g/mol. The van der Waals surface area contributed by atoms with Crippen LogP contribution in [0.3, 0.4) is 0 Å². The highest BCUT2D eigenvalue weighted by Crippen LogP contribution is 2.35. The molecule has 4 rings (SSSR count). The average molecular weight is 490 g/mol. The number of para-hydroxylation sites is 1. The Morgan fingerprint density at radius 2 is 2.03 bits per heavy atom. The summed E-state index contributed by atoms with van der Waals surface area (Å²) in [6.45, 7) is 0.496. The molecule has 0 atom stereocenters. The van der Waals surface area contributed by atoms with E-state index in [0.29, 0.717) is 35.2 Å². The van der Waals surface area contributed by atoms with Crippen LogP contribution in [-0.4, -0.2) is 48.5 Å². The fraction of sp³-hybridized carbons (Fsp3) is 0.444. The zero-order chi connectivity index (χ0) is 21.5. The Balaban J connectivity index is 1.65. The Kier molecular flexibility index (Phi) is 5.92. The summed E-state index contributed by atoms with van der Waals surface area (Å²) >= 11 is 7.57. The van der Waals surface area contributed by atoms with Crippen molar-refractivity contribution in [2.24, 2.45) is 5.92 Å². The second-order valence-corrected chi connectivity index (χ2v) is 12.6. The van der Waals surface area contributed by atoms with Gasteiger partial charge in [-0.2, -0.15) is 12.8 Å². The van der Waals surface area contributed by atoms with E-state index in [1.807, 2.05) is 29.0 Å². The molecule has 3 aromatic rings. The van der Waals surface area contributed by atoms with Crippen LogP contribution in [-0.2, 0) is 37.3 Å². The summed E-state index contributed by atoms with van der Waals surface area (Å²) in [5.41, 5.74) is 1.64. The van der Waals surface area contributed by atoms with Gasteiger partial charge in [-0.05, 0) is 36.4 Å². The third kappa shape index (κ3) is 4.86. The molecule has 1 fully saturated rings. The lowest BCUT2D eigenvalue weighted by Gasteiger charge is -2.22. The smallest absolute Gasteiger partial charge is 0.264 e. The van der Waals surface area contributed by atoms with Crippen molar-refractivity contribution in [3.63, 3.8) is 0 Å². The molecule has 1 aliphatic rings. The van der Waals surface area contributed by atoms with Crippen LogP contribution in [0.2, 0.25) is 5.02 Å². The number of hydrogen-bond donors (Lipinski definition) is 0. The number of halogens is 1. The second kappa shape index (κ2) is 8.19. The van der Waals surface area contributed by atoms with Crippen LogP contribution in [0.5, 0.6) is 0 Å². The van der Waals surface area contributed by atoms with Crippen molar-refractivity contribution in [2.75, 3.05) is 17.8 Å². The lowest BCUT2D eigenvalue weighted by Crippen LogP contribution is -2.25. The van der Waals surface area contributed by atoms with Crippen molar-refractivity contribution in [1.29, 1.82) is 0 Å². The Hall–Kier alpha value is -1.53. The molecule has 8 nitrogen and oxygen atoms in total. The molecule has 12 heteroatoms. The summed E-state index contributed by atoms with van der Waals surface area (Å²) in [6, 6.07) is 5.60. The number of nitrogens with zero attached hydrogens (tertiary/aromatic N) is 3. The fourth-order valence-electron chi connectivity index (χ4n) is 3.62. The van der Waals surface area contributed by atoms with E-state index in [1.54, 1.807) is 0 Å². The first-order chi connectivity index (χ1) is 14.1. The second-order valence-electron chi connectivity index (χ2n) is 7.40. The van der Waals surface area contributed by atoms with Gasteiger partial charge in [-0.15, -0.1) is 0 Å². The van der Waals surface area contributed by atoms with Gasteiger partial charge in [0.05, 0.1) is 28.3 Å². The van der Waals surface area contributed by atoms with E-state index in [-0.39, 0.29) is 24.0 Å². The first-order valence-corrected chi connectivity index (χ1v) is 14.1. The van der Waals surface area contributed by atoms with Crippen molar-refractivity contribution < 1.29 is 21.0 Å². The van der Waals surface area contributed by atoms with Gasteiger partial charge in [-0.25, -0.2) is 13.4 Å². The molecule has 30 heavy (non-hydrogen) atoms. The van der Waals surface area contributed by atoms with Crippen molar-refractivity contribution >= 4 is 54.0 Å². The molecule has 0 spiro atoms. The maximum Gasteiger partial charge on any atom is 0.264 e. The highest BCUT2D eigenvalue weighted by atomic mass is 35.5. The summed E-state index contributed by atoms with van der Waals surface area (Å²) in [7, 11) is -6.48. The fourth-order valence-corrected chi connectivity index (χ4v) is 6.46. The molecule has 0 N–H and O–H groups in total. The van der Waals surface area contributed by atoms with Gasteiger partial charge >= 0.3 is 0 Å². The van der Waals surface area contributed by atoms with E-state index in [1.165, 1.54) is 0 Å². The van der Waals surface area contributed by atoms with Crippen LogP contribution in [0.15, 0.2) is 24.4 Å². The topological polar surface area (TPSA) is 108 Å². The van der Waals surface area contributed by atoms with Crippen molar-refractivity contribution in [3.8, 4) is 11.4 Å². The number of fused-ring (bicyclic) bond motifs is 1. The van der Waals surface area contributed by atoms with Crippen molar-refractivity contribution in [3.05, 3.63) is 34.4 Å². The van der Waals surface area contributed by atoms with Crippen LogP contribution in [0.4, 0.5) is 0 Å². The van der Waals surface area contributed by atoms with Gasteiger partial charge < -0.3 is 4.57 Å². The quantitative estimate of drug-likeness (QED) is 0.489. The normalized spacial score (nSPS) is 17.5. The van der Waals surface area contributed by atoms with Gasteiger partial charge in [0, 0.05) is 23.7 Å². The maximum absolute atomic E-state index is 11.7. The molecule has 0 radical (unpaired) electrons. The Labute approximate surface area is 184 Å². The van der Waals surface area contributed by atoms with Gasteiger partial charge in [-0.3, -0.25) is 4.18 Å². The minimum absolute atomic E-state index is 0.160. The highest BCUT2D eigenvalue weighted by molar-refractivity contribution is 7.91. The summed E-state index contributed by atoms with van der Waals surface area (Å²) < 4.78 is 57.1. The van der Waals surface area contributed by atoms with E-state index >= 15 is 0 Å². The first-order valence-electron chi connectivity index (χ1n) is 9.26. The molecule has 162 valence electrons. The van der Waals surface area contributed by atoms with Crippen molar-refractivity contribution in [1.82, 2.24) is 13.9 Å². The third-order valence-corrected chi connectivity index (χ3v) is 8.33. The molecule has 0 saturated carbocycles. The zero-order valence-electron chi connectivity index (χ0n) is 16.1. The molecule has 0 bridgehead atoms. The molecular weight excluding hydrogens is 470 g/mol. The number of sulfone groups is 1. The third-order valence-electron chi connectivity index (χ3n) is 5.08. The lowest BCUT2D eigenvalue weighted by atomic mass is 10.0. The van der Waals surface area contributed by atoms with E-state index in [4.69, 9.17) is 15.8 Å². The van der Waals surface area contributed by atoms with Gasteiger partial charge in [0.1, 0.15) is 21.5 Å². The van der Waals surface area contributed by atoms with Crippen LogP contribution < -0.4 is 0 Å². The maximum atomic E-state index is 11.7. The zero-order valence-corrected chi connectivity index (χ0v) is 19.3. The molecule has 0 amide bonds. The average Bonchev–Trinajstić information content (AvgIpc) is 3.27. The molecule has 1 aromatic carbocycles. The number of hydrogen-bond acceptors (Lipinski definition) is 8. The number of benzene rings is 1. The number of aromatic nitrogens is 3. The highest BCUT2D eigenvalue weighted by Gasteiger charge is 2.25. The summed E-state index contributed by atoms with van der Waals surface area (Å²) in [5, 5.41) is 1.94. The van der Waals surface area contributed by atoms with Gasteiger partial charge in [0.25, 0.3) is 10.1 Å². The largest absolute Gasteiger partial charge is 0.345 e. The van der Waals surface area contributed by atoms with Gasteiger partial charge in [0.15, 0.2) is 5.82 Å². The predicted molar refractivity (Wildman–Crippen MR) is 117 cm³/mol. The SMILES string of the molecule is CS(=O)(=O)OCc1nc(-c2cn(CC3CCS(=O)(=O)CC3)c3c(Cl)cccc23)ns1. The van der Waals surface area contributed by atoms with Crippen molar-refractivity contribution in [2.45, 2.75) is 26.0 Å². The summed E-state index contributed by atoms with van der Waals surface area (Å²) in [5.74, 6) is 1.16. The van der Waals surface area contributed by atoms with E-state index in [0.717, 1.165) is 34.3 Å². The molecule has 1 saturated heterocycles. The molecule has 1 aliphatic heterocycles. The molecule has 0 aliphatic carbocycles. The van der Waals surface area contributed by atoms with Crippen LogP contribution in [0.1, 0.15) is 17.8 Å². The van der Waals surface area contributed by atoms with Crippen LogP contribution in [0.25, 0.3) is 22.3 Å². The molecular formula is C18H20ClN3O5S3. The van der Waals surface area contributed by atoms with Crippen LogP contribution >= 0.6 is 23.1 Å². The first kappa shape index (κ1) is 21.7. The van der Waals surface area contributed by atoms with E-state index < -0.39 is 20.0 Å². The predicted octanol–water partition coefficient (Wildman–Crippen LogP) is 3.11. The Morgan fingerprint density at radius 3 is 2.73 bits per heavy atom. The minimum Gasteiger partial charge on any atom is -0.345 e. The standard InChI is InChI=1S/C18H20ClN3O5S3/c1-29(23,24)27-11-16-20-18(21-28-16)14-10-22(17-13(14)3-2-4-15(17)19)9-12-5-7-30(25,26)8-6-12/h2-4,10,12H,5-9,11H2,1H3. The lowest BCUT2D eigenvalue weighted by molar-refractivity contribution is 0.311. The van der Waals surface area contributed by atoms with Gasteiger partial charge in [0.2, 0.25) is 0 Å². The van der Waals surface area contributed by atoms with Gasteiger partial charge in [-0.1, -0.05) is 23.7 Å². The van der Waals surface area contributed by atoms with Crippen LogP contribution in [0, 0.1) is 5.92 Å². The van der Waals surface area contributed by atoms with E-state index in [2.05, 4.69) is 9.36 Å². The minimum atomic E-state index is -3.56. The number of rotatable bonds is 6. The van der Waals surface area contributed by atoms with E-state index in [9.17, 15) is 16.8 Å². The Bertz CT molecular complexity index is 1280.